The third-order valence-electron chi connectivity index (χ3n) is 13.1. The number of para-hydroxylation sites is 1. The molecule has 1 unspecified atom stereocenters. The molecule has 1 atom stereocenters. The number of fused-ring (bicyclic) bond motifs is 11. The first kappa shape index (κ1) is 33.2. The van der Waals surface area contributed by atoms with Gasteiger partial charge in [-0.2, -0.15) is 0 Å². The fourth-order valence-electron chi connectivity index (χ4n) is 10.4. The highest BCUT2D eigenvalue weighted by Crippen LogP contribution is 2.45. The van der Waals surface area contributed by atoms with E-state index in [1.165, 1.54) is 104 Å². The molecule has 0 fully saturated rings. The molecule has 2 aliphatic rings. The van der Waals surface area contributed by atoms with Gasteiger partial charge < -0.3 is 4.57 Å². The van der Waals surface area contributed by atoms with Gasteiger partial charge >= 0.3 is 0 Å². The van der Waals surface area contributed by atoms with Crippen molar-refractivity contribution in [1.82, 2.24) is 4.57 Å². The van der Waals surface area contributed by atoms with Crippen LogP contribution in [0.1, 0.15) is 48.3 Å². The number of allylic oxidation sites excluding steroid dienone is 4. The normalized spacial score (nSPS) is 15.3. The smallest absolute Gasteiger partial charge is 0.0547 e. The van der Waals surface area contributed by atoms with Gasteiger partial charge in [0, 0.05) is 22.4 Å². The van der Waals surface area contributed by atoms with E-state index in [1.54, 1.807) is 5.57 Å². The molecule has 0 aliphatic heterocycles. The molecule has 58 heavy (non-hydrogen) atoms. The molecule has 0 spiro atoms. The largest absolute Gasteiger partial charge is 0.309 e. The SMILES string of the molecule is C1=CC2=C(CC1)c1ccc(-c3ccc(-c4ccc5c6ccccc6n(-c6ccc7c8ccccc8c8ccccc8c7c6)c5c4)cc3)cc1C(c1ccccc1)CC2. The van der Waals surface area contributed by atoms with E-state index < -0.39 is 0 Å². The summed E-state index contributed by atoms with van der Waals surface area (Å²) < 4.78 is 2.47. The van der Waals surface area contributed by atoms with Crippen LogP contribution in [0.25, 0.3) is 87.6 Å². The summed E-state index contributed by atoms with van der Waals surface area (Å²) in [6.07, 6.45) is 9.27. The fraction of sp³-hybridized carbons (Fsp3) is 0.0877. The van der Waals surface area contributed by atoms with Crippen LogP contribution >= 0.6 is 0 Å². The number of rotatable bonds is 4. The molecule has 1 nitrogen and oxygen atoms in total. The lowest BCUT2D eigenvalue weighted by Gasteiger charge is -2.21. The van der Waals surface area contributed by atoms with Gasteiger partial charge in [0.05, 0.1) is 11.0 Å². The van der Waals surface area contributed by atoms with Gasteiger partial charge in [-0.15, -0.1) is 0 Å². The molecule has 274 valence electrons. The van der Waals surface area contributed by atoms with Gasteiger partial charge in [0.15, 0.2) is 0 Å². The topological polar surface area (TPSA) is 4.93 Å². The molecule has 1 heterocycles. The Kier molecular flexibility index (Phi) is 7.63. The van der Waals surface area contributed by atoms with Gasteiger partial charge in [0.2, 0.25) is 0 Å². The Morgan fingerprint density at radius 1 is 0.414 bits per heavy atom. The quantitative estimate of drug-likeness (QED) is 0.158. The standard InChI is InChI=1S/C57H41N/c1-2-12-39(13-3-1)45-30-26-40-14-4-5-15-44(40)50-31-27-41(34-54(45)50)37-22-24-38(25-23-37)42-28-32-53-52-20-10-11-21-56(52)58(57(53)35-42)43-29-33-51-48-18-7-6-16-46(48)47-17-8-9-19-49(47)55(51)36-43/h1-4,6-14,16-25,27-29,31-36,45H,5,15,26,30H2. The Bertz CT molecular complexity index is 3290. The molecule has 0 saturated heterocycles. The van der Waals surface area contributed by atoms with Crippen LogP contribution in [0.5, 0.6) is 0 Å². The number of hydrogen-bond acceptors (Lipinski definition) is 0. The molecule has 0 saturated carbocycles. The Morgan fingerprint density at radius 3 is 1.72 bits per heavy atom. The number of benzene rings is 9. The van der Waals surface area contributed by atoms with Crippen molar-refractivity contribution in [2.24, 2.45) is 0 Å². The van der Waals surface area contributed by atoms with E-state index in [9.17, 15) is 0 Å². The highest BCUT2D eigenvalue weighted by atomic mass is 15.0. The fourth-order valence-corrected chi connectivity index (χ4v) is 10.4. The van der Waals surface area contributed by atoms with Crippen LogP contribution in [0, 0.1) is 0 Å². The number of nitrogens with zero attached hydrogens (tertiary/aromatic N) is 1. The Morgan fingerprint density at radius 2 is 0.983 bits per heavy atom. The molecule has 10 aromatic rings. The minimum Gasteiger partial charge on any atom is -0.309 e. The summed E-state index contributed by atoms with van der Waals surface area (Å²) >= 11 is 0. The number of hydrogen-bond donors (Lipinski definition) is 0. The van der Waals surface area contributed by atoms with Crippen LogP contribution in [0.4, 0.5) is 0 Å². The lowest BCUT2D eigenvalue weighted by Crippen LogP contribution is -2.03. The Balaban J connectivity index is 0.964. The molecule has 12 rings (SSSR count). The summed E-state index contributed by atoms with van der Waals surface area (Å²) in [6, 6.07) is 68.2. The molecular formula is C57H41N. The van der Waals surface area contributed by atoms with Crippen LogP contribution in [0.15, 0.2) is 200 Å². The monoisotopic (exact) mass is 739 g/mol. The van der Waals surface area contributed by atoms with E-state index in [-0.39, 0.29) is 0 Å². The first-order chi connectivity index (χ1) is 28.8. The van der Waals surface area contributed by atoms with Crippen molar-refractivity contribution in [3.63, 3.8) is 0 Å². The van der Waals surface area contributed by atoms with Crippen LogP contribution in [-0.2, 0) is 0 Å². The highest BCUT2D eigenvalue weighted by Gasteiger charge is 2.26. The van der Waals surface area contributed by atoms with E-state index in [4.69, 9.17) is 0 Å². The van der Waals surface area contributed by atoms with E-state index in [1.807, 2.05) is 0 Å². The van der Waals surface area contributed by atoms with Gasteiger partial charge in [0.25, 0.3) is 0 Å². The second kappa shape index (κ2) is 13.3. The predicted molar refractivity (Wildman–Crippen MR) is 247 cm³/mol. The van der Waals surface area contributed by atoms with Crippen molar-refractivity contribution < 1.29 is 0 Å². The van der Waals surface area contributed by atoms with Crippen LogP contribution in [0.3, 0.4) is 0 Å². The molecule has 2 aliphatic carbocycles. The maximum absolute atomic E-state index is 2.50. The molecule has 1 aromatic heterocycles. The first-order valence-electron chi connectivity index (χ1n) is 20.8. The lowest BCUT2D eigenvalue weighted by atomic mass is 9.83. The van der Waals surface area contributed by atoms with E-state index in [0.717, 1.165) is 25.7 Å². The zero-order valence-corrected chi connectivity index (χ0v) is 32.3. The van der Waals surface area contributed by atoms with Gasteiger partial charge in [-0.1, -0.05) is 164 Å². The maximum Gasteiger partial charge on any atom is 0.0547 e. The second-order valence-electron chi connectivity index (χ2n) is 16.2. The molecule has 0 bridgehead atoms. The number of aromatic nitrogens is 1. The van der Waals surface area contributed by atoms with Crippen molar-refractivity contribution in [3.05, 3.63) is 216 Å². The summed E-state index contributed by atoms with van der Waals surface area (Å²) in [5.74, 6) is 0.383. The molecule has 0 radical (unpaired) electrons. The zero-order valence-electron chi connectivity index (χ0n) is 32.3. The summed E-state index contributed by atoms with van der Waals surface area (Å²) in [5, 5.41) is 10.3. The third-order valence-corrected chi connectivity index (χ3v) is 13.1. The predicted octanol–water partition coefficient (Wildman–Crippen LogP) is 15.6. The lowest BCUT2D eigenvalue weighted by molar-refractivity contribution is 0.724. The van der Waals surface area contributed by atoms with Gasteiger partial charge in [0.1, 0.15) is 0 Å². The van der Waals surface area contributed by atoms with Gasteiger partial charge in [-0.05, 0) is 138 Å². The second-order valence-corrected chi connectivity index (χ2v) is 16.2. The zero-order chi connectivity index (χ0) is 38.2. The minimum absolute atomic E-state index is 0.383. The first-order valence-corrected chi connectivity index (χ1v) is 20.8. The Hall–Kier alpha value is -6.96. The Labute approximate surface area is 338 Å². The van der Waals surface area contributed by atoms with Crippen molar-refractivity contribution >= 4 is 59.7 Å². The average molecular weight is 740 g/mol. The highest BCUT2D eigenvalue weighted by molar-refractivity contribution is 6.25. The van der Waals surface area contributed by atoms with Gasteiger partial charge in [-0.3, -0.25) is 0 Å². The van der Waals surface area contributed by atoms with Crippen molar-refractivity contribution in [2.75, 3.05) is 0 Å². The van der Waals surface area contributed by atoms with Gasteiger partial charge in [-0.25, -0.2) is 0 Å². The summed E-state index contributed by atoms with van der Waals surface area (Å²) in [7, 11) is 0. The molecule has 0 N–H and O–H groups in total. The van der Waals surface area contributed by atoms with Crippen LogP contribution in [-0.4, -0.2) is 4.57 Å². The van der Waals surface area contributed by atoms with E-state index in [0.29, 0.717) is 5.92 Å². The molecular weight excluding hydrogens is 699 g/mol. The average Bonchev–Trinajstić information content (AvgIpc) is 3.53. The van der Waals surface area contributed by atoms with Crippen molar-refractivity contribution in [3.8, 4) is 27.9 Å². The molecule has 1 heteroatoms. The third kappa shape index (κ3) is 5.23. The van der Waals surface area contributed by atoms with E-state index in [2.05, 4.69) is 199 Å². The maximum atomic E-state index is 2.50. The van der Waals surface area contributed by atoms with Crippen molar-refractivity contribution in [2.45, 2.75) is 31.6 Å². The molecule has 9 aromatic carbocycles. The van der Waals surface area contributed by atoms with Crippen molar-refractivity contribution in [1.29, 1.82) is 0 Å². The minimum atomic E-state index is 0.383. The van der Waals surface area contributed by atoms with Crippen LogP contribution in [0.2, 0.25) is 0 Å². The summed E-state index contributed by atoms with van der Waals surface area (Å²) in [4.78, 5) is 0. The molecule has 0 amide bonds. The van der Waals surface area contributed by atoms with E-state index >= 15 is 0 Å². The summed E-state index contributed by atoms with van der Waals surface area (Å²) in [5.41, 5.74) is 16.0. The van der Waals surface area contributed by atoms with Crippen LogP contribution < -0.4 is 0 Å². The summed E-state index contributed by atoms with van der Waals surface area (Å²) in [6.45, 7) is 0.